The number of aromatic nitrogens is 3. The van der Waals surface area contributed by atoms with Crippen LogP contribution in [0.5, 0.6) is 0 Å². The van der Waals surface area contributed by atoms with Crippen molar-refractivity contribution in [1.29, 1.82) is 0 Å². The second kappa shape index (κ2) is 9.31. The summed E-state index contributed by atoms with van der Waals surface area (Å²) in [6.45, 7) is 1.92. The van der Waals surface area contributed by atoms with Crippen LogP contribution in [0.3, 0.4) is 0 Å². The number of carbonyl (C=O) groups is 3. The van der Waals surface area contributed by atoms with Crippen LogP contribution in [0.1, 0.15) is 62.8 Å². The highest BCUT2D eigenvalue weighted by molar-refractivity contribution is 7.15. The van der Waals surface area contributed by atoms with Crippen molar-refractivity contribution in [1.82, 2.24) is 15.0 Å². The Labute approximate surface area is 188 Å². The van der Waals surface area contributed by atoms with E-state index in [0.717, 1.165) is 36.1 Å². The van der Waals surface area contributed by atoms with E-state index in [0.29, 0.717) is 28.6 Å². The van der Waals surface area contributed by atoms with Crippen LogP contribution in [-0.4, -0.2) is 37.8 Å². The summed E-state index contributed by atoms with van der Waals surface area (Å²) in [4.78, 5) is 48.2. The van der Waals surface area contributed by atoms with Crippen molar-refractivity contribution in [2.24, 2.45) is 5.92 Å². The number of urea groups is 1. The van der Waals surface area contributed by atoms with Gasteiger partial charge in [-0.25, -0.2) is 19.6 Å². The van der Waals surface area contributed by atoms with E-state index in [4.69, 9.17) is 5.11 Å². The molecule has 0 atom stereocenters. The van der Waals surface area contributed by atoms with E-state index in [-0.39, 0.29) is 17.4 Å². The highest BCUT2D eigenvalue weighted by Gasteiger charge is 2.26. The molecule has 1 aliphatic carbocycles. The maximum absolute atomic E-state index is 13.0. The third kappa shape index (κ3) is 5.02. The second-order valence-corrected chi connectivity index (χ2v) is 8.94. The number of nitrogens with zero attached hydrogens (tertiary/aromatic N) is 2. The summed E-state index contributed by atoms with van der Waals surface area (Å²) in [7, 11) is 0. The van der Waals surface area contributed by atoms with Crippen LogP contribution in [0.4, 0.5) is 15.6 Å². The molecule has 1 fully saturated rings. The number of thiazole rings is 1. The molecular weight excluding hydrogens is 430 g/mol. The molecule has 32 heavy (non-hydrogen) atoms. The van der Waals surface area contributed by atoms with Crippen LogP contribution >= 0.6 is 11.3 Å². The number of H-pyrrole nitrogens is 1. The van der Waals surface area contributed by atoms with Crippen molar-refractivity contribution in [2.45, 2.75) is 39.0 Å². The molecule has 4 N–H and O–H groups in total. The molecule has 1 saturated carbocycles. The smallest absolute Gasteiger partial charge is 0.356 e. The number of aryl methyl sites for hydroxylation is 1. The van der Waals surface area contributed by atoms with E-state index in [9.17, 15) is 14.4 Å². The minimum atomic E-state index is -1.10. The number of nitrogens with one attached hydrogen (secondary N) is 3. The fraction of sp³-hybridized carbons (Fsp3) is 0.318. The van der Waals surface area contributed by atoms with Gasteiger partial charge in [-0.1, -0.05) is 24.5 Å². The molecule has 3 aromatic rings. The number of aromatic amines is 1. The predicted octanol–water partition coefficient (Wildman–Crippen LogP) is 4.48. The van der Waals surface area contributed by atoms with Gasteiger partial charge in [-0.3, -0.25) is 10.1 Å². The molecule has 0 bridgehead atoms. The molecule has 0 spiro atoms. The first kappa shape index (κ1) is 21.7. The molecule has 0 saturated heterocycles. The average Bonchev–Trinajstić information content (AvgIpc) is 3.51. The number of carboxylic acid groups (broad SMARTS) is 1. The third-order valence-electron chi connectivity index (χ3n) is 5.38. The summed E-state index contributed by atoms with van der Waals surface area (Å²) in [5, 5.41) is 14.8. The monoisotopic (exact) mass is 453 g/mol. The number of hydrogen-bond donors (Lipinski definition) is 4. The van der Waals surface area contributed by atoms with Crippen molar-refractivity contribution in [3.63, 3.8) is 0 Å². The minimum Gasteiger partial charge on any atom is -0.476 e. The first-order chi connectivity index (χ1) is 15.4. The Bertz CT molecular complexity index is 1160. The summed E-state index contributed by atoms with van der Waals surface area (Å²) in [6, 6.07) is 4.95. The quantitative estimate of drug-likeness (QED) is 0.389. The van der Waals surface area contributed by atoms with Crippen molar-refractivity contribution < 1.29 is 19.5 Å². The molecule has 9 nitrogen and oxygen atoms in total. The number of Topliss-reactive ketones (excluding diaryl/α,β-unsaturated/α-hetero) is 1. The Hall–Kier alpha value is -3.53. The fourth-order valence-corrected chi connectivity index (χ4v) is 4.62. The zero-order chi connectivity index (χ0) is 22.7. The maximum atomic E-state index is 13.0. The second-order valence-electron chi connectivity index (χ2n) is 7.82. The Morgan fingerprint density at radius 1 is 1.22 bits per heavy atom. The van der Waals surface area contributed by atoms with Gasteiger partial charge in [0.15, 0.2) is 16.6 Å². The van der Waals surface area contributed by atoms with Crippen molar-refractivity contribution >= 4 is 39.9 Å². The fourth-order valence-electron chi connectivity index (χ4n) is 3.80. The molecule has 0 aliphatic heterocycles. The molecule has 4 rings (SSSR count). The molecule has 2 amide bonds. The lowest BCUT2D eigenvalue weighted by Crippen LogP contribution is -2.22. The highest BCUT2D eigenvalue weighted by Crippen LogP contribution is 2.31. The van der Waals surface area contributed by atoms with Crippen LogP contribution in [0.15, 0.2) is 30.6 Å². The lowest BCUT2D eigenvalue weighted by Gasteiger charge is -2.14. The average molecular weight is 454 g/mol. The van der Waals surface area contributed by atoms with Gasteiger partial charge in [0.25, 0.3) is 0 Å². The number of rotatable bonds is 7. The standard InChI is InChI=1S/C22H23N5O4S/c1-12-6-7-16(15(8-12)19(28)13-4-2-3-5-13)26-21(31)27-22-24-10-14(32-22)9-18-23-11-17(25-18)20(29)30/h6-8,10-11,13H,2-5,9H2,1H3,(H,23,25)(H,29,30)(H2,24,26,27,31). The number of carboxylic acids is 1. The van der Waals surface area contributed by atoms with Gasteiger partial charge < -0.3 is 15.4 Å². The molecule has 0 unspecified atom stereocenters. The topological polar surface area (TPSA) is 137 Å². The van der Waals surface area contributed by atoms with Gasteiger partial charge in [-0.2, -0.15) is 0 Å². The molecule has 1 aliphatic rings. The zero-order valence-corrected chi connectivity index (χ0v) is 18.3. The van der Waals surface area contributed by atoms with Crippen molar-refractivity contribution in [2.75, 3.05) is 10.6 Å². The Balaban J connectivity index is 1.41. The number of ketones is 1. The largest absolute Gasteiger partial charge is 0.476 e. The van der Waals surface area contributed by atoms with E-state index in [1.54, 1.807) is 12.3 Å². The molecular formula is C22H23N5O4S. The lowest BCUT2D eigenvalue weighted by molar-refractivity contribution is 0.0690. The Kier molecular flexibility index (Phi) is 6.31. The molecule has 10 heteroatoms. The van der Waals surface area contributed by atoms with Crippen LogP contribution in [0, 0.1) is 12.8 Å². The number of hydrogen-bond acceptors (Lipinski definition) is 6. The van der Waals surface area contributed by atoms with E-state index >= 15 is 0 Å². The Morgan fingerprint density at radius 3 is 2.72 bits per heavy atom. The summed E-state index contributed by atoms with van der Waals surface area (Å²) in [6.07, 6.45) is 7.21. The van der Waals surface area contributed by atoms with Gasteiger partial charge in [-0.05, 0) is 31.9 Å². The van der Waals surface area contributed by atoms with Gasteiger partial charge in [-0.15, -0.1) is 11.3 Å². The zero-order valence-electron chi connectivity index (χ0n) is 17.5. The van der Waals surface area contributed by atoms with Crippen molar-refractivity contribution in [3.05, 3.63) is 58.1 Å². The van der Waals surface area contributed by atoms with Crippen LogP contribution in [0.25, 0.3) is 0 Å². The molecule has 2 heterocycles. The number of carbonyl (C=O) groups excluding carboxylic acids is 2. The van der Waals surface area contributed by atoms with E-state index in [1.165, 1.54) is 17.5 Å². The van der Waals surface area contributed by atoms with Crippen LogP contribution in [-0.2, 0) is 6.42 Å². The lowest BCUT2D eigenvalue weighted by atomic mass is 9.94. The first-order valence-electron chi connectivity index (χ1n) is 10.3. The van der Waals surface area contributed by atoms with Gasteiger partial charge in [0.05, 0.1) is 5.69 Å². The SMILES string of the molecule is Cc1ccc(NC(=O)Nc2ncc(Cc3nc(C(=O)O)c[nH]3)s2)c(C(=O)C2CCCC2)c1. The van der Waals surface area contributed by atoms with Gasteiger partial charge >= 0.3 is 12.0 Å². The predicted molar refractivity (Wildman–Crippen MR) is 121 cm³/mol. The first-order valence-corrected chi connectivity index (χ1v) is 11.2. The molecule has 0 radical (unpaired) electrons. The van der Waals surface area contributed by atoms with Gasteiger partial charge in [0.2, 0.25) is 0 Å². The highest BCUT2D eigenvalue weighted by atomic mass is 32.1. The number of imidazole rings is 1. The summed E-state index contributed by atoms with van der Waals surface area (Å²) >= 11 is 1.26. The molecule has 1 aromatic carbocycles. The van der Waals surface area contributed by atoms with Gasteiger partial charge in [0.1, 0.15) is 5.82 Å². The maximum Gasteiger partial charge on any atom is 0.356 e. The molecule has 166 valence electrons. The van der Waals surface area contributed by atoms with Crippen LogP contribution in [0.2, 0.25) is 0 Å². The summed E-state index contributed by atoms with van der Waals surface area (Å²) in [5.74, 6) is -0.503. The third-order valence-corrected chi connectivity index (χ3v) is 6.29. The van der Waals surface area contributed by atoms with E-state index in [2.05, 4.69) is 25.6 Å². The summed E-state index contributed by atoms with van der Waals surface area (Å²) < 4.78 is 0. The number of aromatic carboxylic acids is 1. The summed E-state index contributed by atoms with van der Waals surface area (Å²) in [5.41, 5.74) is 1.94. The number of anilines is 2. The van der Waals surface area contributed by atoms with Crippen LogP contribution < -0.4 is 10.6 Å². The van der Waals surface area contributed by atoms with Crippen molar-refractivity contribution in [3.8, 4) is 0 Å². The Morgan fingerprint density at radius 2 is 2.00 bits per heavy atom. The van der Waals surface area contributed by atoms with Gasteiger partial charge in [0, 0.05) is 35.2 Å². The van der Waals surface area contributed by atoms with E-state index < -0.39 is 12.0 Å². The molecule has 2 aromatic heterocycles. The van der Waals surface area contributed by atoms with E-state index in [1.807, 2.05) is 19.1 Å². The normalized spacial score (nSPS) is 13.8. The number of amides is 2. The minimum absolute atomic E-state index is 0.0187. The number of benzene rings is 1.